The molecule has 0 spiro atoms. The Morgan fingerprint density at radius 2 is 2.53 bits per heavy atom. The summed E-state index contributed by atoms with van der Waals surface area (Å²) >= 11 is 0. The lowest BCUT2D eigenvalue weighted by Crippen LogP contribution is -2.43. The number of nitrogens with zero attached hydrogens (tertiary/aromatic N) is 1. The van der Waals surface area contributed by atoms with Gasteiger partial charge in [-0.1, -0.05) is 6.07 Å². The van der Waals surface area contributed by atoms with Crippen LogP contribution in [-0.2, 0) is 6.42 Å². The van der Waals surface area contributed by atoms with Gasteiger partial charge in [0.1, 0.15) is 0 Å². The largest absolute Gasteiger partial charge is 0.315 e. The molecule has 0 aromatic carbocycles. The summed E-state index contributed by atoms with van der Waals surface area (Å²) in [4.78, 5) is 4.11. The van der Waals surface area contributed by atoms with Crippen molar-refractivity contribution in [1.29, 1.82) is 0 Å². The Balaban J connectivity index is 1.66. The first-order valence-electron chi connectivity index (χ1n) is 5.78. The molecule has 0 aliphatic carbocycles. The first-order chi connectivity index (χ1) is 7.45. The lowest BCUT2D eigenvalue weighted by molar-refractivity contribution is 0.392. The molecule has 1 atom stereocenters. The van der Waals surface area contributed by atoms with Crippen LogP contribution in [0.1, 0.15) is 18.4 Å². The number of nitrogens with one attached hydrogen (secondary N) is 2. The van der Waals surface area contributed by atoms with Gasteiger partial charge >= 0.3 is 0 Å². The molecule has 1 fully saturated rings. The predicted molar refractivity (Wildman–Crippen MR) is 61.8 cm³/mol. The van der Waals surface area contributed by atoms with Crippen LogP contribution >= 0.6 is 0 Å². The molecule has 0 radical (unpaired) electrons. The number of hydrogen-bond acceptors (Lipinski definition) is 3. The summed E-state index contributed by atoms with van der Waals surface area (Å²) in [5, 5.41) is 6.99. The monoisotopic (exact) mass is 205 g/mol. The van der Waals surface area contributed by atoms with Gasteiger partial charge in [0.2, 0.25) is 0 Å². The minimum atomic E-state index is 0.662. The minimum Gasteiger partial charge on any atom is -0.315 e. The molecule has 1 aromatic heterocycles. The van der Waals surface area contributed by atoms with E-state index in [4.69, 9.17) is 0 Å². The maximum absolute atomic E-state index is 4.11. The van der Waals surface area contributed by atoms with Crippen LogP contribution in [0.3, 0.4) is 0 Å². The van der Waals surface area contributed by atoms with Gasteiger partial charge in [-0.25, -0.2) is 0 Å². The van der Waals surface area contributed by atoms with Gasteiger partial charge in [-0.2, -0.15) is 0 Å². The van der Waals surface area contributed by atoms with Gasteiger partial charge in [-0.15, -0.1) is 0 Å². The smallest absolute Gasteiger partial charge is 0.0300 e. The normalized spacial score (nSPS) is 21.5. The zero-order valence-electron chi connectivity index (χ0n) is 9.08. The van der Waals surface area contributed by atoms with Gasteiger partial charge < -0.3 is 10.6 Å². The molecule has 82 valence electrons. The molecule has 2 rings (SSSR count). The summed E-state index contributed by atoms with van der Waals surface area (Å²) in [5.41, 5.74) is 1.31. The van der Waals surface area contributed by atoms with Crippen molar-refractivity contribution < 1.29 is 0 Å². The first-order valence-corrected chi connectivity index (χ1v) is 5.78. The number of aromatic nitrogens is 1. The quantitative estimate of drug-likeness (QED) is 0.769. The second-order valence-corrected chi connectivity index (χ2v) is 4.11. The van der Waals surface area contributed by atoms with Gasteiger partial charge in [0.05, 0.1) is 0 Å². The van der Waals surface area contributed by atoms with Gasteiger partial charge in [-0.3, -0.25) is 4.98 Å². The van der Waals surface area contributed by atoms with Crippen LogP contribution in [0.25, 0.3) is 0 Å². The predicted octanol–water partition coefficient (Wildman–Crippen LogP) is 0.966. The van der Waals surface area contributed by atoms with Crippen LogP contribution in [0.15, 0.2) is 24.5 Å². The van der Waals surface area contributed by atoms with Crippen LogP contribution < -0.4 is 10.6 Å². The molecule has 1 saturated heterocycles. The SMILES string of the molecule is c1cncc(CCNC2CCCNC2)c1. The highest BCUT2D eigenvalue weighted by molar-refractivity contribution is 5.08. The molecule has 2 heterocycles. The van der Waals surface area contributed by atoms with Crippen molar-refractivity contribution in [3.8, 4) is 0 Å². The molecule has 0 amide bonds. The second kappa shape index (κ2) is 5.83. The zero-order chi connectivity index (χ0) is 10.3. The third-order valence-corrected chi connectivity index (χ3v) is 2.87. The van der Waals surface area contributed by atoms with E-state index in [0.717, 1.165) is 19.5 Å². The fourth-order valence-corrected chi connectivity index (χ4v) is 1.99. The maximum atomic E-state index is 4.11. The fraction of sp³-hybridized carbons (Fsp3) is 0.583. The summed E-state index contributed by atoms with van der Waals surface area (Å²) in [6, 6.07) is 4.79. The molecule has 1 aliphatic rings. The number of piperidine rings is 1. The molecular formula is C12H19N3. The Labute approximate surface area is 91.3 Å². The highest BCUT2D eigenvalue weighted by atomic mass is 15.0. The molecule has 3 nitrogen and oxygen atoms in total. The van der Waals surface area contributed by atoms with Crippen molar-refractivity contribution in [3.05, 3.63) is 30.1 Å². The minimum absolute atomic E-state index is 0.662. The van der Waals surface area contributed by atoms with Crippen molar-refractivity contribution in [1.82, 2.24) is 15.6 Å². The van der Waals surface area contributed by atoms with Gasteiger partial charge in [0, 0.05) is 25.0 Å². The Kier molecular flexibility index (Phi) is 4.11. The first kappa shape index (κ1) is 10.6. The molecule has 3 heteroatoms. The number of pyridine rings is 1. The van der Waals surface area contributed by atoms with Gasteiger partial charge in [0.25, 0.3) is 0 Å². The average molecular weight is 205 g/mol. The van der Waals surface area contributed by atoms with Gasteiger partial charge in [-0.05, 0) is 44.0 Å². The maximum Gasteiger partial charge on any atom is 0.0300 e. The van der Waals surface area contributed by atoms with E-state index in [9.17, 15) is 0 Å². The molecule has 15 heavy (non-hydrogen) atoms. The topological polar surface area (TPSA) is 37.0 Å². The number of hydrogen-bond donors (Lipinski definition) is 2. The van der Waals surface area contributed by atoms with E-state index in [0.29, 0.717) is 6.04 Å². The van der Waals surface area contributed by atoms with E-state index < -0.39 is 0 Å². The molecule has 0 bridgehead atoms. The van der Waals surface area contributed by atoms with Crippen molar-refractivity contribution >= 4 is 0 Å². The molecule has 1 unspecified atom stereocenters. The third-order valence-electron chi connectivity index (χ3n) is 2.87. The van der Waals surface area contributed by atoms with Crippen molar-refractivity contribution in [3.63, 3.8) is 0 Å². The molecular weight excluding hydrogens is 186 g/mol. The van der Waals surface area contributed by atoms with Crippen LogP contribution in [0, 0.1) is 0 Å². The van der Waals surface area contributed by atoms with Crippen molar-refractivity contribution in [2.24, 2.45) is 0 Å². The number of rotatable bonds is 4. The highest BCUT2D eigenvalue weighted by Crippen LogP contribution is 2.01. The third kappa shape index (κ3) is 3.61. The Hall–Kier alpha value is -0.930. The average Bonchev–Trinajstić information content (AvgIpc) is 2.32. The van der Waals surface area contributed by atoms with E-state index in [2.05, 4.69) is 21.7 Å². The molecule has 1 aromatic rings. The van der Waals surface area contributed by atoms with E-state index in [1.165, 1.54) is 24.9 Å². The van der Waals surface area contributed by atoms with Crippen molar-refractivity contribution in [2.45, 2.75) is 25.3 Å². The van der Waals surface area contributed by atoms with Crippen LogP contribution in [-0.4, -0.2) is 30.7 Å². The zero-order valence-corrected chi connectivity index (χ0v) is 9.08. The second-order valence-electron chi connectivity index (χ2n) is 4.11. The van der Waals surface area contributed by atoms with E-state index in [1.807, 2.05) is 18.5 Å². The Morgan fingerprint density at radius 3 is 3.27 bits per heavy atom. The molecule has 2 N–H and O–H groups in total. The summed E-state index contributed by atoms with van der Waals surface area (Å²) in [7, 11) is 0. The van der Waals surface area contributed by atoms with E-state index >= 15 is 0 Å². The van der Waals surface area contributed by atoms with Crippen LogP contribution in [0.2, 0.25) is 0 Å². The summed E-state index contributed by atoms with van der Waals surface area (Å²) in [6.07, 6.45) is 7.44. The lowest BCUT2D eigenvalue weighted by atomic mass is 10.1. The van der Waals surface area contributed by atoms with Crippen LogP contribution in [0.5, 0.6) is 0 Å². The molecule has 1 aliphatic heterocycles. The summed E-state index contributed by atoms with van der Waals surface area (Å²) in [5.74, 6) is 0. The highest BCUT2D eigenvalue weighted by Gasteiger charge is 2.10. The summed E-state index contributed by atoms with van der Waals surface area (Å²) in [6.45, 7) is 3.35. The molecule has 0 saturated carbocycles. The standard InChI is InChI=1S/C12H19N3/c1-3-11(9-13-6-1)5-8-15-12-4-2-7-14-10-12/h1,3,6,9,12,14-15H,2,4-5,7-8,10H2. The van der Waals surface area contributed by atoms with Crippen LogP contribution in [0.4, 0.5) is 0 Å². The van der Waals surface area contributed by atoms with E-state index in [-0.39, 0.29) is 0 Å². The fourth-order valence-electron chi connectivity index (χ4n) is 1.99. The van der Waals surface area contributed by atoms with Gasteiger partial charge in [0.15, 0.2) is 0 Å². The Bertz CT molecular complexity index is 267. The van der Waals surface area contributed by atoms with E-state index in [1.54, 1.807) is 0 Å². The Morgan fingerprint density at radius 1 is 1.53 bits per heavy atom. The van der Waals surface area contributed by atoms with Crippen molar-refractivity contribution in [2.75, 3.05) is 19.6 Å². The summed E-state index contributed by atoms with van der Waals surface area (Å²) < 4.78 is 0. The lowest BCUT2D eigenvalue weighted by Gasteiger charge is -2.23.